The van der Waals surface area contributed by atoms with Crippen molar-refractivity contribution in [3.05, 3.63) is 70.5 Å². The number of halogens is 3. The zero-order chi connectivity index (χ0) is 21.1. The maximum absolute atomic E-state index is 13.8. The van der Waals surface area contributed by atoms with Crippen molar-refractivity contribution < 1.29 is 8.78 Å². The van der Waals surface area contributed by atoms with Gasteiger partial charge in [-0.1, -0.05) is 44.0 Å². The van der Waals surface area contributed by atoms with Gasteiger partial charge in [0, 0.05) is 23.5 Å². The minimum atomic E-state index is -0.669. The third kappa shape index (κ3) is 4.61. The second-order valence-electron chi connectivity index (χ2n) is 8.18. The predicted molar refractivity (Wildman–Crippen MR) is 120 cm³/mol. The molecule has 2 nitrogen and oxygen atoms in total. The van der Waals surface area contributed by atoms with Gasteiger partial charge in [0.2, 0.25) is 0 Å². The zero-order valence-corrected chi connectivity index (χ0v) is 18.6. The van der Waals surface area contributed by atoms with Crippen LogP contribution in [-0.2, 0) is 0 Å². The molecule has 2 aromatic carbocycles. The normalized spacial score (nSPS) is 19.1. The van der Waals surface area contributed by atoms with Gasteiger partial charge in [-0.15, -0.1) is 0 Å². The third-order valence-electron chi connectivity index (χ3n) is 6.15. The lowest BCUT2D eigenvalue weighted by molar-refractivity contribution is 0.308. The number of nitrogens with zero attached hydrogens (tertiary/aromatic N) is 2. The molecule has 0 radical (unpaired) electrons. The summed E-state index contributed by atoms with van der Waals surface area (Å²) in [5, 5.41) is 0. The highest BCUT2D eigenvalue weighted by molar-refractivity contribution is 9.10. The lowest BCUT2D eigenvalue weighted by atomic mass is 9.77. The van der Waals surface area contributed by atoms with E-state index in [1.54, 1.807) is 12.4 Å². The molecule has 1 heterocycles. The molecule has 4 rings (SSSR count). The molecule has 0 amide bonds. The van der Waals surface area contributed by atoms with Crippen LogP contribution in [0, 0.1) is 17.6 Å². The second-order valence-corrected chi connectivity index (χ2v) is 8.97. The van der Waals surface area contributed by atoms with Gasteiger partial charge in [0.05, 0.1) is 4.47 Å². The highest BCUT2D eigenvalue weighted by Crippen LogP contribution is 2.38. The van der Waals surface area contributed by atoms with E-state index in [9.17, 15) is 8.78 Å². The zero-order valence-electron chi connectivity index (χ0n) is 17.0. The van der Waals surface area contributed by atoms with Crippen LogP contribution in [0.1, 0.15) is 56.9 Å². The Hall–Kier alpha value is -2.14. The molecule has 3 aromatic rings. The molecule has 1 aromatic heterocycles. The summed E-state index contributed by atoms with van der Waals surface area (Å²) >= 11 is 2.88. The Balaban J connectivity index is 1.46. The van der Waals surface area contributed by atoms with Gasteiger partial charge in [0.25, 0.3) is 0 Å². The van der Waals surface area contributed by atoms with Crippen molar-refractivity contribution in [2.45, 2.75) is 51.4 Å². The van der Waals surface area contributed by atoms with Crippen LogP contribution in [0.15, 0.2) is 53.3 Å². The van der Waals surface area contributed by atoms with Gasteiger partial charge in [-0.3, -0.25) is 0 Å². The highest BCUT2D eigenvalue weighted by atomic mass is 79.9. The number of hydrogen-bond donors (Lipinski definition) is 0. The van der Waals surface area contributed by atoms with Crippen molar-refractivity contribution in [3.63, 3.8) is 0 Å². The molecule has 30 heavy (non-hydrogen) atoms. The van der Waals surface area contributed by atoms with Crippen molar-refractivity contribution in [2.75, 3.05) is 0 Å². The van der Waals surface area contributed by atoms with Gasteiger partial charge in [-0.05, 0) is 76.7 Å². The quantitative estimate of drug-likeness (QED) is 0.353. The van der Waals surface area contributed by atoms with Crippen molar-refractivity contribution >= 4 is 15.9 Å². The Labute approximate surface area is 184 Å². The number of hydrogen-bond acceptors (Lipinski definition) is 2. The predicted octanol–water partition coefficient (Wildman–Crippen LogP) is 7.93. The molecule has 0 atom stereocenters. The maximum Gasteiger partial charge on any atom is 0.159 e. The Bertz CT molecular complexity index is 972. The smallest absolute Gasteiger partial charge is 0.159 e. The minimum absolute atomic E-state index is 0.179. The van der Waals surface area contributed by atoms with Crippen LogP contribution in [0.2, 0.25) is 0 Å². The summed E-state index contributed by atoms with van der Waals surface area (Å²) in [7, 11) is 0. The summed E-state index contributed by atoms with van der Waals surface area (Å²) in [5.74, 6) is 0.528. The van der Waals surface area contributed by atoms with Gasteiger partial charge >= 0.3 is 0 Å². The molecular weight excluding hydrogens is 446 g/mol. The van der Waals surface area contributed by atoms with Gasteiger partial charge in [-0.25, -0.2) is 18.7 Å². The molecule has 0 saturated heterocycles. The first-order valence-corrected chi connectivity index (χ1v) is 11.4. The van der Waals surface area contributed by atoms with E-state index in [2.05, 4.69) is 57.1 Å². The molecule has 0 unspecified atom stereocenters. The van der Waals surface area contributed by atoms with E-state index in [4.69, 9.17) is 0 Å². The lowest BCUT2D eigenvalue weighted by Gasteiger charge is -2.28. The van der Waals surface area contributed by atoms with Crippen LogP contribution in [0.25, 0.3) is 22.5 Å². The van der Waals surface area contributed by atoms with E-state index >= 15 is 0 Å². The monoisotopic (exact) mass is 470 g/mol. The average Bonchev–Trinajstić information content (AvgIpc) is 2.78. The van der Waals surface area contributed by atoms with Crippen LogP contribution < -0.4 is 0 Å². The standard InChI is InChI=1S/C25H25BrF2N2/c1-2-3-16-4-6-17(7-5-16)18-8-10-19(11-9-18)21-14-29-25(30-15-21)20-12-22(27)24(26)23(28)13-20/h8-17H,2-7H2,1H3/t16-,17-. The molecule has 5 heteroatoms. The van der Waals surface area contributed by atoms with E-state index in [0.717, 1.165) is 17.0 Å². The highest BCUT2D eigenvalue weighted by Gasteiger charge is 2.21. The first-order valence-electron chi connectivity index (χ1n) is 10.6. The van der Waals surface area contributed by atoms with Crippen molar-refractivity contribution in [1.82, 2.24) is 9.97 Å². The molecule has 0 bridgehead atoms. The number of aromatic nitrogens is 2. The molecule has 0 N–H and O–H groups in total. The van der Waals surface area contributed by atoms with Crippen LogP contribution in [0.4, 0.5) is 8.78 Å². The molecule has 156 valence electrons. The topological polar surface area (TPSA) is 25.8 Å². The molecule has 1 fully saturated rings. The number of rotatable bonds is 5. The fourth-order valence-corrected chi connectivity index (χ4v) is 4.68. The second kappa shape index (κ2) is 9.34. The molecule has 0 spiro atoms. The Morgan fingerprint density at radius 3 is 2.03 bits per heavy atom. The van der Waals surface area contributed by atoms with Crippen LogP contribution in [0.3, 0.4) is 0 Å². The van der Waals surface area contributed by atoms with E-state index < -0.39 is 11.6 Å². The SMILES string of the molecule is CCC[C@H]1CC[C@H](c2ccc(-c3cnc(-c4cc(F)c(Br)c(F)c4)nc3)cc2)CC1. The fraction of sp³-hybridized carbons (Fsp3) is 0.360. The molecule has 1 aliphatic rings. The van der Waals surface area contributed by atoms with E-state index in [-0.39, 0.29) is 4.47 Å². The summed E-state index contributed by atoms with van der Waals surface area (Å²) in [4.78, 5) is 8.63. The largest absolute Gasteiger partial charge is 0.236 e. The van der Waals surface area contributed by atoms with Gasteiger partial charge in [0.1, 0.15) is 11.6 Å². The first-order chi connectivity index (χ1) is 14.5. The minimum Gasteiger partial charge on any atom is -0.236 e. The van der Waals surface area contributed by atoms with E-state index in [1.807, 2.05) is 0 Å². The van der Waals surface area contributed by atoms with Gasteiger partial charge < -0.3 is 0 Å². The summed E-state index contributed by atoms with van der Waals surface area (Å²) in [6.07, 6.45) is 11.3. The van der Waals surface area contributed by atoms with E-state index in [0.29, 0.717) is 17.3 Å². The van der Waals surface area contributed by atoms with Crippen molar-refractivity contribution in [2.24, 2.45) is 5.92 Å². The fourth-order valence-electron chi connectivity index (χ4n) is 4.45. The maximum atomic E-state index is 13.8. The van der Waals surface area contributed by atoms with Crippen LogP contribution in [0.5, 0.6) is 0 Å². The molecule has 1 aliphatic carbocycles. The summed E-state index contributed by atoms with van der Waals surface area (Å²) in [6, 6.07) is 11.1. The first kappa shape index (κ1) is 21.1. The summed E-state index contributed by atoms with van der Waals surface area (Å²) < 4.78 is 27.4. The Kier molecular flexibility index (Phi) is 6.57. The third-order valence-corrected chi connectivity index (χ3v) is 6.91. The van der Waals surface area contributed by atoms with Crippen molar-refractivity contribution in [3.8, 4) is 22.5 Å². The average molecular weight is 471 g/mol. The van der Waals surface area contributed by atoms with E-state index in [1.165, 1.54) is 56.2 Å². The molecular formula is C25H25BrF2N2. The van der Waals surface area contributed by atoms with Gasteiger partial charge in [-0.2, -0.15) is 0 Å². The molecule has 1 saturated carbocycles. The summed E-state index contributed by atoms with van der Waals surface area (Å²) in [5.41, 5.74) is 3.65. The Morgan fingerprint density at radius 1 is 0.867 bits per heavy atom. The van der Waals surface area contributed by atoms with Crippen LogP contribution in [-0.4, -0.2) is 9.97 Å². The summed E-state index contributed by atoms with van der Waals surface area (Å²) in [6.45, 7) is 2.27. The van der Waals surface area contributed by atoms with Crippen molar-refractivity contribution in [1.29, 1.82) is 0 Å². The van der Waals surface area contributed by atoms with Crippen LogP contribution >= 0.6 is 15.9 Å². The lowest BCUT2D eigenvalue weighted by Crippen LogP contribution is -2.13. The van der Waals surface area contributed by atoms with Gasteiger partial charge in [0.15, 0.2) is 5.82 Å². The Morgan fingerprint density at radius 2 is 1.47 bits per heavy atom. The number of benzene rings is 2. The molecule has 0 aliphatic heterocycles.